The topological polar surface area (TPSA) is 51.9 Å². The zero-order valence-electron chi connectivity index (χ0n) is 12.3. The van der Waals surface area contributed by atoms with Gasteiger partial charge in [0.2, 0.25) is 0 Å². The lowest BCUT2D eigenvalue weighted by atomic mass is 10.2. The molecule has 1 amide bonds. The molecule has 0 aliphatic heterocycles. The number of halogens is 1. The molecule has 6 heteroatoms. The van der Waals surface area contributed by atoms with Crippen molar-refractivity contribution < 1.29 is 4.79 Å². The highest BCUT2D eigenvalue weighted by Crippen LogP contribution is 2.31. The highest BCUT2D eigenvalue weighted by molar-refractivity contribution is 6.31. The molecule has 0 saturated heterocycles. The van der Waals surface area contributed by atoms with Gasteiger partial charge in [-0.15, -0.1) is 0 Å². The standard InChI is InChI=1S/C15H19ClN4O/c1-10-13(8-17-20(10)12-5-3-4-6-12)18-15(21)14-7-11(16)9-19(14)2/h7-9,12H,3-6H2,1-2H3,(H,18,21). The Bertz CT molecular complexity index is 667. The normalized spacial score (nSPS) is 15.6. The maximum Gasteiger partial charge on any atom is 0.272 e. The van der Waals surface area contributed by atoms with Crippen LogP contribution in [0.15, 0.2) is 18.5 Å². The van der Waals surface area contributed by atoms with E-state index in [1.54, 1.807) is 30.1 Å². The Balaban J connectivity index is 1.79. The van der Waals surface area contributed by atoms with Crippen LogP contribution in [-0.4, -0.2) is 20.3 Å². The lowest BCUT2D eigenvalue weighted by Crippen LogP contribution is -2.16. The van der Waals surface area contributed by atoms with Gasteiger partial charge >= 0.3 is 0 Å². The van der Waals surface area contributed by atoms with Crippen LogP contribution in [0.5, 0.6) is 0 Å². The highest BCUT2D eigenvalue weighted by atomic mass is 35.5. The van der Waals surface area contributed by atoms with E-state index in [9.17, 15) is 4.79 Å². The molecule has 1 N–H and O–H groups in total. The number of carbonyl (C=O) groups is 1. The fraction of sp³-hybridized carbons (Fsp3) is 0.467. The average molecular weight is 307 g/mol. The first-order valence-corrected chi connectivity index (χ1v) is 7.61. The number of nitrogens with zero attached hydrogens (tertiary/aromatic N) is 3. The summed E-state index contributed by atoms with van der Waals surface area (Å²) < 4.78 is 3.76. The van der Waals surface area contributed by atoms with Gasteiger partial charge in [0, 0.05) is 13.2 Å². The Morgan fingerprint density at radius 3 is 2.76 bits per heavy atom. The summed E-state index contributed by atoms with van der Waals surface area (Å²) in [5, 5.41) is 7.92. The molecule has 1 saturated carbocycles. The van der Waals surface area contributed by atoms with Crippen LogP contribution in [0.25, 0.3) is 0 Å². The van der Waals surface area contributed by atoms with Crippen LogP contribution in [0.4, 0.5) is 5.69 Å². The zero-order valence-corrected chi connectivity index (χ0v) is 13.0. The lowest BCUT2D eigenvalue weighted by Gasteiger charge is -2.12. The van der Waals surface area contributed by atoms with E-state index < -0.39 is 0 Å². The second-order valence-electron chi connectivity index (χ2n) is 5.64. The smallest absolute Gasteiger partial charge is 0.272 e. The van der Waals surface area contributed by atoms with Gasteiger partial charge in [0.1, 0.15) is 5.69 Å². The Hall–Kier alpha value is -1.75. The second-order valence-corrected chi connectivity index (χ2v) is 6.07. The number of aryl methyl sites for hydroxylation is 1. The molecule has 3 rings (SSSR count). The largest absolute Gasteiger partial charge is 0.345 e. The molecular formula is C15H19ClN4O. The molecule has 0 unspecified atom stereocenters. The molecule has 0 radical (unpaired) electrons. The quantitative estimate of drug-likeness (QED) is 0.942. The van der Waals surface area contributed by atoms with Gasteiger partial charge in [-0.1, -0.05) is 24.4 Å². The molecule has 1 aliphatic rings. The summed E-state index contributed by atoms with van der Waals surface area (Å²) in [5.74, 6) is -0.168. The monoisotopic (exact) mass is 306 g/mol. The van der Waals surface area contributed by atoms with E-state index in [0.717, 1.165) is 11.4 Å². The molecule has 0 spiro atoms. The van der Waals surface area contributed by atoms with E-state index in [1.807, 2.05) is 11.6 Å². The zero-order chi connectivity index (χ0) is 15.0. The minimum absolute atomic E-state index is 0.168. The Labute approximate surface area is 128 Å². The summed E-state index contributed by atoms with van der Waals surface area (Å²) in [6, 6.07) is 2.13. The predicted octanol–water partition coefficient (Wildman–Crippen LogP) is 3.55. The third-order valence-electron chi connectivity index (χ3n) is 4.17. The van der Waals surface area contributed by atoms with Crippen molar-refractivity contribution in [2.75, 3.05) is 5.32 Å². The molecule has 0 atom stereocenters. The molecule has 0 aromatic carbocycles. The van der Waals surface area contributed by atoms with Crippen molar-refractivity contribution in [3.63, 3.8) is 0 Å². The van der Waals surface area contributed by atoms with Crippen LogP contribution in [0.1, 0.15) is 47.9 Å². The first-order chi connectivity index (χ1) is 10.1. The molecular weight excluding hydrogens is 288 g/mol. The van der Waals surface area contributed by atoms with Gasteiger partial charge in [0.15, 0.2) is 0 Å². The van der Waals surface area contributed by atoms with Crippen LogP contribution in [-0.2, 0) is 7.05 Å². The molecule has 2 aromatic heterocycles. The number of amides is 1. The Kier molecular flexibility index (Phi) is 3.76. The fourth-order valence-electron chi connectivity index (χ4n) is 3.00. The van der Waals surface area contributed by atoms with Crippen molar-refractivity contribution in [2.24, 2.45) is 7.05 Å². The van der Waals surface area contributed by atoms with Gasteiger partial charge in [-0.2, -0.15) is 5.10 Å². The molecule has 21 heavy (non-hydrogen) atoms. The van der Waals surface area contributed by atoms with E-state index >= 15 is 0 Å². The minimum atomic E-state index is -0.168. The molecule has 1 aliphatic carbocycles. The number of aromatic nitrogens is 3. The van der Waals surface area contributed by atoms with Crippen LogP contribution in [0.3, 0.4) is 0 Å². The fourth-order valence-corrected chi connectivity index (χ4v) is 3.25. The summed E-state index contributed by atoms with van der Waals surface area (Å²) in [6.45, 7) is 2.00. The number of hydrogen-bond donors (Lipinski definition) is 1. The summed E-state index contributed by atoms with van der Waals surface area (Å²) in [4.78, 5) is 12.3. The molecule has 2 aromatic rings. The van der Waals surface area contributed by atoms with Crippen LogP contribution < -0.4 is 5.32 Å². The summed E-state index contributed by atoms with van der Waals surface area (Å²) in [6.07, 6.45) is 8.30. The Morgan fingerprint density at radius 2 is 2.14 bits per heavy atom. The van der Waals surface area contributed by atoms with Crippen molar-refractivity contribution in [3.8, 4) is 0 Å². The maximum absolute atomic E-state index is 12.3. The third kappa shape index (κ3) is 2.70. The molecule has 5 nitrogen and oxygen atoms in total. The lowest BCUT2D eigenvalue weighted by molar-refractivity contribution is 0.101. The number of carbonyl (C=O) groups excluding carboxylic acids is 1. The summed E-state index contributed by atoms with van der Waals surface area (Å²) in [7, 11) is 1.80. The second kappa shape index (κ2) is 5.56. The van der Waals surface area contributed by atoms with E-state index in [0.29, 0.717) is 16.8 Å². The first-order valence-electron chi connectivity index (χ1n) is 7.23. The van der Waals surface area contributed by atoms with Gasteiger partial charge in [-0.05, 0) is 25.8 Å². The average Bonchev–Trinajstić information content (AvgIpc) is 3.12. The van der Waals surface area contributed by atoms with Crippen molar-refractivity contribution in [1.29, 1.82) is 0 Å². The predicted molar refractivity (Wildman–Crippen MR) is 82.8 cm³/mol. The number of nitrogens with one attached hydrogen (secondary N) is 1. The third-order valence-corrected chi connectivity index (χ3v) is 4.37. The van der Waals surface area contributed by atoms with E-state index in [2.05, 4.69) is 10.4 Å². The van der Waals surface area contributed by atoms with Gasteiger partial charge in [0.05, 0.1) is 28.6 Å². The SMILES string of the molecule is Cc1c(NC(=O)c2cc(Cl)cn2C)cnn1C1CCCC1. The van der Waals surface area contributed by atoms with E-state index in [-0.39, 0.29) is 5.91 Å². The van der Waals surface area contributed by atoms with Crippen molar-refractivity contribution in [1.82, 2.24) is 14.3 Å². The highest BCUT2D eigenvalue weighted by Gasteiger charge is 2.21. The van der Waals surface area contributed by atoms with Crippen molar-refractivity contribution in [2.45, 2.75) is 38.6 Å². The van der Waals surface area contributed by atoms with Crippen LogP contribution in [0, 0.1) is 6.92 Å². The summed E-state index contributed by atoms with van der Waals surface area (Å²) >= 11 is 5.92. The van der Waals surface area contributed by atoms with Gasteiger partial charge in [-0.25, -0.2) is 0 Å². The number of anilines is 1. The van der Waals surface area contributed by atoms with Gasteiger partial charge in [-0.3, -0.25) is 9.48 Å². The van der Waals surface area contributed by atoms with Gasteiger partial charge < -0.3 is 9.88 Å². The molecule has 112 valence electrons. The van der Waals surface area contributed by atoms with Crippen LogP contribution in [0.2, 0.25) is 5.02 Å². The number of rotatable bonds is 3. The van der Waals surface area contributed by atoms with Crippen LogP contribution >= 0.6 is 11.6 Å². The van der Waals surface area contributed by atoms with Gasteiger partial charge in [0.25, 0.3) is 5.91 Å². The minimum Gasteiger partial charge on any atom is -0.345 e. The number of hydrogen-bond acceptors (Lipinski definition) is 2. The molecule has 1 fully saturated rings. The van der Waals surface area contributed by atoms with Crippen molar-refractivity contribution in [3.05, 3.63) is 34.9 Å². The van der Waals surface area contributed by atoms with E-state index in [1.165, 1.54) is 25.7 Å². The van der Waals surface area contributed by atoms with E-state index in [4.69, 9.17) is 11.6 Å². The summed E-state index contributed by atoms with van der Waals surface area (Å²) in [5.41, 5.74) is 2.31. The first kappa shape index (κ1) is 14.2. The van der Waals surface area contributed by atoms with Crippen molar-refractivity contribution >= 4 is 23.2 Å². The molecule has 2 heterocycles. The Morgan fingerprint density at radius 1 is 1.43 bits per heavy atom. The maximum atomic E-state index is 12.3. The molecule has 0 bridgehead atoms.